The molecule has 220 valence electrons. The van der Waals surface area contributed by atoms with Gasteiger partial charge in [0.05, 0.1) is 58.1 Å². The minimum Gasteiger partial charge on any atom is -0.497 e. The van der Waals surface area contributed by atoms with Gasteiger partial charge in [0.15, 0.2) is 0 Å². The summed E-state index contributed by atoms with van der Waals surface area (Å²) in [6.45, 7) is 8.98. The van der Waals surface area contributed by atoms with E-state index in [4.69, 9.17) is 4.74 Å². The molecule has 1 N–H and O–H groups in total. The Balaban J connectivity index is 1.66. The first-order valence-electron chi connectivity index (χ1n) is 15.4. The summed E-state index contributed by atoms with van der Waals surface area (Å²) in [6, 6.07) is 28.2. The number of thioether (sulfide) groups is 1. The second-order valence-electron chi connectivity index (χ2n) is 11.8. The minimum absolute atomic E-state index is 0.863. The SMILES string of the molecule is CCCCN(CCC[N+](C)(C)CCC)c1cc(/C=C2/Nc3ccccc3S2)c2ccc(OC)cc2[n+]1-c1ccccc1. The Morgan fingerprint density at radius 3 is 2.38 bits per heavy atom. The Hall–Kier alpha value is -3.48. The normalized spacial score (nSPS) is 13.8. The molecular weight excluding hydrogens is 536 g/mol. The fourth-order valence-electron chi connectivity index (χ4n) is 5.91. The van der Waals surface area contributed by atoms with Crippen molar-refractivity contribution in [3.8, 4) is 11.4 Å². The average molecular weight is 583 g/mol. The third-order valence-corrected chi connectivity index (χ3v) is 9.08. The van der Waals surface area contributed by atoms with Crippen molar-refractivity contribution in [2.45, 2.75) is 44.4 Å². The first-order valence-corrected chi connectivity index (χ1v) is 16.2. The standard InChI is InChI=1S/C36H45N4OS/c1-6-8-21-38(22-14-24-40(3,4)23-7-2)36-26-28(25-35-37-32-17-12-13-18-34(32)42-35)31-20-19-30(41-5)27-33(31)39(36)29-15-10-9-11-16-29/h9-13,15-20,25-27H,6-8,14,21-24H2,1-5H3/q+1/p+1. The first kappa shape index (κ1) is 30.0. The molecule has 0 fully saturated rings. The number of nitrogens with one attached hydrogen (secondary N) is 1. The summed E-state index contributed by atoms with van der Waals surface area (Å²) in [6.07, 6.45) is 6.99. The highest BCUT2D eigenvalue weighted by atomic mass is 32.2. The zero-order valence-electron chi connectivity index (χ0n) is 25.9. The van der Waals surface area contributed by atoms with Crippen LogP contribution in [0.1, 0.15) is 45.1 Å². The molecule has 6 heteroatoms. The smallest absolute Gasteiger partial charge is 0.282 e. The van der Waals surface area contributed by atoms with E-state index in [1.54, 1.807) is 18.9 Å². The highest BCUT2D eigenvalue weighted by Crippen LogP contribution is 2.42. The number of anilines is 2. The molecule has 2 heterocycles. The fraction of sp³-hybridized carbons (Fsp3) is 0.361. The molecule has 0 radical (unpaired) electrons. The Morgan fingerprint density at radius 2 is 1.64 bits per heavy atom. The lowest BCUT2D eigenvalue weighted by molar-refractivity contribution is -0.890. The summed E-state index contributed by atoms with van der Waals surface area (Å²) < 4.78 is 9.26. The molecule has 0 bridgehead atoms. The van der Waals surface area contributed by atoms with Crippen LogP contribution in [0.15, 0.2) is 88.8 Å². The first-order chi connectivity index (χ1) is 20.4. The number of fused-ring (bicyclic) bond motifs is 2. The van der Waals surface area contributed by atoms with Gasteiger partial charge in [-0.25, -0.2) is 0 Å². The number of benzene rings is 3. The van der Waals surface area contributed by atoms with Crippen LogP contribution in [0.25, 0.3) is 22.7 Å². The van der Waals surface area contributed by atoms with E-state index in [1.165, 1.54) is 46.9 Å². The highest BCUT2D eigenvalue weighted by molar-refractivity contribution is 8.03. The molecule has 0 unspecified atom stereocenters. The third-order valence-electron chi connectivity index (χ3n) is 8.06. The zero-order valence-corrected chi connectivity index (χ0v) is 26.7. The van der Waals surface area contributed by atoms with Crippen LogP contribution in [0.5, 0.6) is 5.75 Å². The van der Waals surface area contributed by atoms with Gasteiger partial charge in [-0.3, -0.25) is 4.90 Å². The lowest BCUT2D eigenvalue weighted by atomic mass is 10.1. The maximum atomic E-state index is 5.76. The number of nitrogens with zero attached hydrogens (tertiary/aromatic N) is 3. The molecule has 0 saturated carbocycles. The van der Waals surface area contributed by atoms with Crippen molar-refractivity contribution in [2.24, 2.45) is 0 Å². The molecule has 0 atom stereocenters. The van der Waals surface area contributed by atoms with E-state index >= 15 is 0 Å². The average Bonchev–Trinajstić information content (AvgIpc) is 3.41. The predicted octanol–water partition coefficient (Wildman–Crippen LogP) is 8.12. The molecule has 5 rings (SSSR count). The summed E-state index contributed by atoms with van der Waals surface area (Å²) in [4.78, 5) is 3.88. The van der Waals surface area contributed by atoms with Gasteiger partial charge in [-0.05, 0) is 60.9 Å². The Bertz CT molecular complexity index is 1510. The summed E-state index contributed by atoms with van der Waals surface area (Å²) in [7, 11) is 6.47. The molecule has 1 aromatic heterocycles. The number of para-hydroxylation sites is 2. The molecule has 5 nitrogen and oxygen atoms in total. The van der Waals surface area contributed by atoms with E-state index in [0.717, 1.165) is 58.8 Å². The maximum absolute atomic E-state index is 5.76. The van der Waals surface area contributed by atoms with E-state index in [0.29, 0.717) is 0 Å². The molecule has 0 saturated heterocycles. The van der Waals surface area contributed by atoms with E-state index in [2.05, 4.69) is 128 Å². The predicted molar refractivity (Wildman–Crippen MR) is 180 cm³/mol. The van der Waals surface area contributed by atoms with E-state index in [9.17, 15) is 0 Å². The lowest BCUT2D eigenvalue weighted by Gasteiger charge is -2.30. The van der Waals surface area contributed by atoms with Crippen molar-refractivity contribution in [3.05, 3.63) is 89.5 Å². The van der Waals surface area contributed by atoms with Gasteiger partial charge in [-0.15, -0.1) is 0 Å². The van der Waals surface area contributed by atoms with Crippen molar-refractivity contribution in [1.29, 1.82) is 0 Å². The van der Waals surface area contributed by atoms with E-state index in [1.807, 2.05) is 0 Å². The molecule has 1 aliphatic heterocycles. The van der Waals surface area contributed by atoms with Gasteiger partial charge >= 0.3 is 0 Å². The zero-order chi connectivity index (χ0) is 29.5. The van der Waals surface area contributed by atoms with Crippen molar-refractivity contribution >= 4 is 40.2 Å². The third kappa shape index (κ3) is 6.93. The number of pyridine rings is 1. The minimum atomic E-state index is 0.863. The largest absolute Gasteiger partial charge is 0.497 e. The number of hydrogen-bond acceptors (Lipinski definition) is 4. The summed E-state index contributed by atoms with van der Waals surface area (Å²) >= 11 is 1.80. The van der Waals surface area contributed by atoms with E-state index in [-0.39, 0.29) is 0 Å². The van der Waals surface area contributed by atoms with Gasteiger partial charge in [-0.1, -0.05) is 62.4 Å². The van der Waals surface area contributed by atoms with Crippen LogP contribution in [0.3, 0.4) is 0 Å². The van der Waals surface area contributed by atoms with Crippen LogP contribution in [0, 0.1) is 0 Å². The maximum Gasteiger partial charge on any atom is 0.282 e. The number of unbranched alkanes of at least 4 members (excludes halogenated alkanes) is 1. The Labute approximate surface area is 256 Å². The number of rotatable bonds is 13. The molecule has 42 heavy (non-hydrogen) atoms. The topological polar surface area (TPSA) is 28.4 Å². The van der Waals surface area contributed by atoms with Crippen LogP contribution in [0.2, 0.25) is 0 Å². The van der Waals surface area contributed by atoms with Crippen molar-refractivity contribution < 1.29 is 13.8 Å². The van der Waals surface area contributed by atoms with Crippen molar-refractivity contribution in [3.63, 3.8) is 0 Å². The molecule has 3 aromatic carbocycles. The number of hydrogen-bond donors (Lipinski definition) is 1. The quantitative estimate of drug-likeness (QED) is 0.127. The van der Waals surface area contributed by atoms with Crippen LogP contribution >= 0.6 is 11.8 Å². The van der Waals surface area contributed by atoms with Crippen LogP contribution < -0.4 is 19.5 Å². The van der Waals surface area contributed by atoms with Crippen LogP contribution in [0.4, 0.5) is 11.5 Å². The molecular formula is C36H46N4OS+2. The van der Waals surface area contributed by atoms with Crippen molar-refractivity contribution in [1.82, 2.24) is 0 Å². The van der Waals surface area contributed by atoms with Gasteiger partial charge in [0.2, 0.25) is 0 Å². The summed E-state index contributed by atoms with van der Waals surface area (Å²) in [5.41, 5.74) is 4.69. The number of aromatic nitrogens is 1. The van der Waals surface area contributed by atoms with Crippen LogP contribution in [-0.4, -0.2) is 51.9 Å². The summed E-state index contributed by atoms with van der Waals surface area (Å²) in [5, 5.41) is 5.99. The number of quaternary nitrogens is 1. The van der Waals surface area contributed by atoms with Gasteiger partial charge in [0.25, 0.3) is 5.82 Å². The Kier molecular flexibility index (Phi) is 9.76. The second-order valence-corrected chi connectivity index (χ2v) is 12.9. The molecule has 1 aliphatic rings. The molecule has 0 aliphatic carbocycles. The van der Waals surface area contributed by atoms with Gasteiger partial charge < -0.3 is 14.5 Å². The number of methoxy groups -OCH3 is 1. The Morgan fingerprint density at radius 1 is 0.881 bits per heavy atom. The second kappa shape index (κ2) is 13.7. The van der Waals surface area contributed by atoms with Crippen molar-refractivity contribution in [2.75, 3.05) is 57.6 Å². The molecule has 4 aromatic rings. The summed E-state index contributed by atoms with van der Waals surface area (Å²) in [5.74, 6) is 2.09. The molecule has 0 spiro atoms. The van der Waals surface area contributed by atoms with Gasteiger partial charge in [-0.2, -0.15) is 4.57 Å². The van der Waals surface area contributed by atoms with E-state index < -0.39 is 0 Å². The fourth-order valence-corrected chi connectivity index (χ4v) is 6.87. The lowest BCUT2D eigenvalue weighted by Crippen LogP contribution is -2.45. The van der Waals surface area contributed by atoms with Crippen LogP contribution in [-0.2, 0) is 0 Å². The number of ether oxygens (including phenoxy) is 1. The highest BCUT2D eigenvalue weighted by Gasteiger charge is 2.27. The van der Waals surface area contributed by atoms with Gasteiger partial charge in [0, 0.05) is 28.8 Å². The monoisotopic (exact) mass is 582 g/mol. The molecule has 0 amide bonds. The van der Waals surface area contributed by atoms with Gasteiger partial charge in [0.1, 0.15) is 17.0 Å².